The van der Waals surface area contributed by atoms with Gasteiger partial charge in [-0.1, -0.05) is 0 Å². The van der Waals surface area contributed by atoms with Crippen LogP contribution in [0.3, 0.4) is 0 Å². The van der Waals surface area contributed by atoms with Crippen molar-refractivity contribution in [3.63, 3.8) is 0 Å². The number of H-pyrrole nitrogens is 3. The Bertz CT molecular complexity index is 1260. The summed E-state index contributed by atoms with van der Waals surface area (Å²) in [6, 6.07) is -4.94. The second-order valence-electron chi connectivity index (χ2n) is 8.93. The number of imidazole rings is 3. The molecule has 0 aliphatic rings. The maximum absolute atomic E-state index is 13.4. The second kappa shape index (κ2) is 14.2. The van der Waals surface area contributed by atoms with Crippen LogP contribution < -0.4 is 27.4 Å². The summed E-state index contributed by atoms with van der Waals surface area (Å²) in [6.07, 6.45) is 8.31. The van der Waals surface area contributed by atoms with Crippen molar-refractivity contribution in [1.82, 2.24) is 45.9 Å². The van der Waals surface area contributed by atoms with Crippen LogP contribution in [0.2, 0.25) is 0 Å². The Hall–Kier alpha value is -5.06. The number of amides is 4. The van der Waals surface area contributed by atoms with Crippen molar-refractivity contribution >= 4 is 29.6 Å². The minimum absolute atomic E-state index is 0.0384. The van der Waals surface area contributed by atoms with Gasteiger partial charge in [-0.2, -0.15) is 0 Å². The topological polar surface area (TPSA) is 280 Å². The number of aliphatic carboxylic acids is 1. The molecule has 11 N–H and O–H groups in total. The molecule has 0 saturated heterocycles. The van der Waals surface area contributed by atoms with E-state index in [1.807, 2.05) is 0 Å². The Kier molecular flexibility index (Phi) is 10.5. The van der Waals surface area contributed by atoms with Crippen LogP contribution in [0.15, 0.2) is 37.6 Å². The molecule has 4 amide bonds. The van der Waals surface area contributed by atoms with E-state index in [0.717, 1.165) is 0 Å². The van der Waals surface area contributed by atoms with Gasteiger partial charge in [-0.25, -0.2) is 19.7 Å². The third kappa shape index (κ3) is 9.05. The van der Waals surface area contributed by atoms with E-state index in [4.69, 9.17) is 11.5 Å². The molecule has 0 spiro atoms. The molecule has 3 rings (SSSR count). The Balaban J connectivity index is 1.76. The van der Waals surface area contributed by atoms with Gasteiger partial charge in [0.2, 0.25) is 23.6 Å². The van der Waals surface area contributed by atoms with Gasteiger partial charge in [0, 0.05) is 44.3 Å². The third-order valence-corrected chi connectivity index (χ3v) is 5.82. The van der Waals surface area contributed by atoms with Gasteiger partial charge in [0.1, 0.15) is 18.1 Å². The predicted molar refractivity (Wildman–Crippen MR) is 137 cm³/mol. The van der Waals surface area contributed by atoms with Crippen LogP contribution in [0.1, 0.15) is 29.9 Å². The van der Waals surface area contributed by atoms with Crippen molar-refractivity contribution in [2.24, 2.45) is 11.5 Å². The molecule has 3 heterocycles. The number of carbonyl (C=O) groups is 5. The average Bonchev–Trinajstić information content (AvgIpc) is 3.70. The van der Waals surface area contributed by atoms with Crippen LogP contribution in [-0.4, -0.2) is 88.8 Å². The van der Waals surface area contributed by atoms with Gasteiger partial charge in [-0.3, -0.25) is 19.2 Å². The second-order valence-corrected chi connectivity index (χ2v) is 8.93. The Morgan fingerprint density at radius 2 is 1.15 bits per heavy atom. The Morgan fingerprint density at radius 1 is 0.725 bits per heavy atom. The van der Waals surface area contributed by atoms with Gasteiger partial charge in [-0.15, -0.1) is 0 Å². The van der Waals surface area contributed by atoms with Crippen LogP contribution >= 0.6 is 0 Å². The number of rotatable bonds is 16. The maximum atomic E-state index is 13.4. The number of primary amides is 1. The highest BCUT2D eigenvalue weighted by molar-refractivity contribution is 5.94. The number of aromatic amines is 3. The van der Waals surface area contributed by atoms with E-state index in [0.29, 0.717) is 17.1 Å². The molecule has 4 atom stereocenters. The molecule has 0 fully saturated rings. The molecule has 0 radical (unpaired) electrons. The van der Waals surface area contributed by atoms with Gasteiger partial charge in [0.05, 0.1) is 42.1 Å². The summed E-state index contributed by atoms with van der Waals surface area (Å²) in [5.74, 6) is -4.33. The lowest BCUT2D eigenvalue weighted by molar-refractivity contribution is -0.142. The highest BCUT2D eigenvalue weighted by atomic mass is 16.4. The van der Waals surface area contributed by atoms with Crippen molar-refractivity contribution in [3.05, 3.63) is 54.7 Å². The molecule has 214 valence electrons. The smallest absolute Gasteiger partial charge is 0.326 e. The van der Waals surface area contributed by atoms with Crippen molar-refractivity contribution in [1.29, 1.82) is 0 Å². The molecule has 0 unspecified atom stereocenters. The van der Waals surface area contributed by atoms with Crippen LogP contribution in [0.4, 0.5) is 0 Å². The Labute approximate surface area is 227 Å². The quantitative estimate of drug-likeness (QED) is 0.0861. The lowest BCUT2D eigenvalue weighted by Gasteiger charge is -2.24. The number of hydrogen-bond acceptors (Lipinski definition) is 9. The van der Waals surface area contributed by atoms with Gasteiger partial charge in [-0.05, 0) is 6.42 Å². The molecule has 0 bridgehead atoms. The number of aromatic nitrogens is 6. The fraction of sp³-hybridized carbons (Fsp3) is 0.391. The Morgan fingerprint density at radius 3 is 1.55 bits per heavy atom. The van der Waals surface area contributed by atoms with E-state index in [2.05, 4.69) is 45.9 Å². The summed E-state index contributed by atoms with van der Waals surface area (Å²) in [5, 5.41) is 17.0. The SMILES string of the molecule is NC(=O)CC[C@H](NC(=O)[C@H](Cc1c[nH]cn1)NC(=O)[C@H](Cc1c[nH]cn1)NC(=O)[C@@H](N)Cc1c[nH]cn1)C(=O)O. The predicted octanol–water partition coefficient (Wildman–Crippen LogP) is -2.98. The van der Waals surface area contributed by atoms with Crippen molar-refractivity contribution in [3.8, 4) is 0 Å². The van der Waals surface area contributed by atoms with Gasteiger partial charge >= 0.3 is 5.97 Å². The summed E-state index contributed by atoms with van der Waals surface area (Å²) in [7, 11) is 0. The minimum Gasteiger partial charge on any atom is -0.480 e. The first-order valence-electron chi connectivity index (χ1n) is 12.2. The van der Waals surface area contributed by atoms with Crippen LogP contribution in [0, 0.1) is 0 Å². The lowest BCUT2D eigenvalue weighted by atomic mass is 10.1. The van der Waals surface area contributed by atoms with Gasteiger partial charge in [0.25, 0.3) is 0 Å². The molecule has 0 aromatic carbocycles. The molecular weight excluding hydrogens is 526 g/mol. The van der Waals surface area contributed by atoms with Gasteiger partial charge in [0.15, 0.2) is 0 Å². The normalized spacial score (nSPS) is 13.9. The molecule has 17 heteroatoms. The summed E-state index contributed by atoms with van der Waals surface area (Å²) in [4.78, 5) is 82.6. The summed E-state index contributed by atoms with van der Waals surface area (Å²) in [6.45, 7) is 0. The van der Waals surface area contributed by atoms with Crippen LogP contribution in [0.25, 0.3) is 0 Å². The molecule has 3 aromatic heterocycles. The standard InChI is InChI=1S/C23H31N11O6/c24-15(3-12-6-26-9-29-12)20(36)33-17(4-13-7-27-10-30-13)22(38)34-18(5-14-8-28-11-31-14)21(37)32-16(23(39)40)1-2-19(25)35/h6-11,15-18H,1-5,24H2,(H2,25,35)(H,26,29)(H,27,30)(H,28,31)(H,32,37)(H,33,36)(H,34,38)(H,39,40)/t15-,16-,17-,18-/m0/s1. The fourth-order valence-electron chi connectivity index (χ4n) is 3.73. The number of nitrogens with two attached hydrogens (primary N) is 2. The monoisotopic (exact) mass is 557 g/mol. The molecule has 17 nitrogen and oxygen atoms in total. The van der Waals surface area contributed by atoms with Crippen molar-refractivity contribution in [2.45, 2.75) is 56.3 Å². The molecular formula is C23H31N11O6. The van der Waals surface area contributed by atoms with Crippen molar-refractivity contribution in [2.75, 3.05) is 0 Å². The van der Waals surface area contributed by atoms with E-state index in [1.165, 1.54) is 25.2 Å². The largest absolute Gasteiger partial charge is 0.480 e. The highest BCUT2D eigenvalue weighted by Gasteiger charge is 2.31. The first-order chi connectivity index (χ1) is 19.1. The zero-order valence-electron chi connectivity index (χ0n) is 21.3. The molecule has 3 aromatic rings. The van der Waals surface area contributed by atoms with E-state index in [1.54, 1.807) is 12.4 Å². The average molecular weight is 558 g/mol. The molecule has 0 aliphatic heterocycles. The van der Waals surface area contributed by atoms with Crippen LogP contribution in [0.5, 0.6) is 0 Å². The molecule has 40 heavy (non-hydrogen) atoms. The zero-order chi connectivity index (χ0) is 29.1. The van der Waals surface area contributed by atoms with E-state index in [9.17, 15) is 29.1 Å². The third-order valence-electron chi connectivity index (χ3n) is 5.82. The number of nitrogens with one attached hydrogen (secondary N) is 6. The summed E-state index contributed by atoms with van der Waals surface area (Å²) < 4.78 is 0. The number of carbonyl (C=O) groups excluding carboxylic acids is 4. The summed E-state index contributed by atoms with van der Waals surface area (Å²) in [5.41, 5.74) is 12.5. The lowest BCUT2D eigenvalue weighted by Crippen LogP contribution is -2.58. The first-order valence-corrected chi connectivity index (χ1v) is 12.2. The highest BCUT2D eigenvalue weighted by Crippen LogP contribution is 2.06. The van der Waals surface area contributed by atoms with Crippen LogP contribution in [-0.2, 0) is 43.2 Å². The van der Waals surface area contributed by atoms with Crippen molar-refractivity contribution < 1.29 is 29.1 Å². The zero-order valence-corrected chi connectivity index (χ0v) is 21.3. The number of nitrogens with zero attached hydrogens (tertiary/aromatic N) is 3. The minimum atomic E-state index is -1.43. The number of carboxylic acid groups (broad SMARTS) is 1. The number of carboxylic acids is 1. The summed E-state index contributed by atoms with van der Waals surface area (Å²) >= 11 is 0. The molecule has 0 aliphatic carbocycles. The first kappa shape index (κ1) is 29.5. The van der Waals surface area contributed by atoms with E-state index in [-0.39, 0.29) is 32.1 Å². The number of hydrogen-bond donors (Lipinski definition) is 9. The van der Waals surface area contributed by atoms with Gasteiger partial charge < -0.3 is 47.5 Å². The molecule has 0 saturated carbocycles. The maximum Gasteiger partial charge on any atom is 0.326 e. The van der Waals surface area contributed by atoms with E-state index >= 15 is 0 Å². The fourth-order valence-corrected chi connectivity index (χ4v) is 3.73. The van der Waals surface area contributed by atoms with E-state index < -0.39 is 53.8 Å².